The summed E-state index contributed by atoms with van der Waals surface area (Å²) in [6.45, 7) is 1.51. The SMILES string of the molecule is Cc1cc(NC(=O)COC(=O)C23CC4CC(CC(C4)C2)C3)on1. The van der Waals surface area contributed by atoms with Crippen molar-refractivity contribution in [3.05, 3.63) is 11.8 Å². The number of esters is 1. The Morgan fingerprint density at radius 2 is 1.87 bits per heavy atom. The number of aromatic nitrogens is 1. The average Bonchev–Trinajstić information content (AvgIpc) is 2.88. The van der Waals surface area contributed by atoms with E-state index in [4.69, 9.17) is 9.26 Å². The van der Waals surface area contributed by atoms with E-state index in [0.717, 1.165) is 19.3 Å². The summed E-state index contributed by atoms with van der Waals surface area (Å²) in [6, 6.07) is 1.62. The van der Waals surface area contributed by atoms with Crippen LogP contribution in [0.15, 0.2) is 10.6 Å². The van der Waals surface area contributed by atoms with Gasteiger partial charge in [0.15, 0.2) is 6.61 Å². The van der Waals surface area contributed by atoms with Gasteiger partial charge in [0.2, 0.25) is 5.88 Å². The number of carbonyl (C=O) groups excluding carboxylic acids is 2. The Morgan fingerprint density at radius 1 is 1.26 bits per heavy atom. The van der Waals surface area contributed by atoms with E-state index in [1.165, 1.54) is 19.3 Å². The first-order valence-electron chi connectivity index (χ1n) is 8.43. The molecule has 0 saturated heterocycles. The number of rotatable bonds is 4. The first kappa shape index (κ1) is 14.7. The van der Waals surface area contributed by atoms with Crippen LogP contribution in [0.3, 0.4) is 0 Å². The average molecular weight is 318 g/mol. The summed E-state index contributed by atoms with van der Waals surface area (Å²) < 4.78 is 10.3. The molecule has 1 aromatic heterocycles. The van der Waals surface area contributed by atoms with E-state index in [0.29, 0.717) is 23.4 Å². The molecule has 0 atom stereocenters. The number of ether oxygens (including phenoxy) is 1. The number of aryl methyl sites for hydroxylation is 1. The van der Waals surface area contributed by atoms with Crippen LogP contribution in [0.25, 0.3) is 0 Å². The molecule has 4 bridgehead atoms. The maximum absolute atomic E-state index is 12.6. The molecule has 1 heterocycles. The molecule has 6 nitrogen and oxygen atoms in total. The van der Waals surface area contributed by atoms with Crippen molar-refractivity contribution in [2.75, 3.05) is 11.9 Å². The van der Waals surface area contributed by atoms with Crippen LogP contribution in [0.5, 0.6) is 0 Å². The summed E-state index contributed by atoms with van der Waals surface area (Å²) in [5.41, 5.74) is 0.364. The molecule has 124 valence electrons. The second-order valence-electron chi connectivity index (χ2n) is 7.65. The molecule has 0 spiro atoms. The second kappa shape index (κ2) is 5.35. The fraction of sp³-hybridized carbons (Fsp3) is 0.706. The Kier molecular flexibility index (Phi) is 3.43. The maximum Gasteiger partial charge on any atom is 0.312 e. The van der Waals surface area contributed by atoms with Gasteiger partial charge in [-0.25, -0.2) is 0 Å². The van der Waals surface area contributed by atoms with Gasteiger partial charge in [0, 0.05) is 6.07 Å². The van der Waals surface area contributed by atoms with Crippen molar-refractivity contribution in [1.82, 2.24) is 5.16 Å². The topological polar surface area (TPSA) is 81.4 Å². The number of nitrogens with zero attached hydrogens (tertiary/aromatic N) is 1. The van der Waals surface area contributed by atoms with Crippen LogP contribution in [-0.2, 0) is 14.3 Å². The van der Waals surface area contributed by atoms with Gasteiger partial charge in [-0.2, -0.15) is 0 Å². The van der Waals surface area contributed by atoms with Crippen LogP contribution < -0.4 is 5.32 Å². The highest BCUT2D eigenvalue weighted by Gasteiger charge is 2.55. The molecule has 0 unspecified atom stereocenters. The van der Waals surface area contributed by atoms with Gasteiger partial charge in [0.25, 0.3) is 5.91 Å². The fourth-order valence-corrected chi connectivity index (χ4v) is 5.24. The third-order valence-electron chi connectivity index (χ3n) is 5.70. The van der Waals surface area contributed by atoms with E-state index in [9.17, 15) is 9.59 Å². The minimum atomic E-state index is -0.390. The molecule has 23 heavy (non-hydrogen) atoms. The molecule has 4 saturated carbocycles. The van der Waals surface area contributed by atoms with Crippen LogP contribution in [-0.4, -0.2) is 23.6 Å². The normalized spacial score (nSPS) is 34.4. The lowest BCUT2D eigenvalue weighted by Gasteiger charge is -2.55. The molecule has 0 aliphatic heterocycles. The summed E-state index contributed by atoms with van der Waals surface area (Å²) in [5, 5.41) is 6.24. The molecule has 1 N–H and O–H groups in total. The standard InChI is InChI=1S/C17H22N2O4/c1-10-2-15(23-19-10)18-14(20)9-22-16(21)17-6-11-3-12(7-17)5-13(4-11)8-17/h2,11-13H,3-9H2,1H3,(H,18,20). The van der Waals surface area contributed by atoms with Crippen molar-refractivity contribution in [3.8, 4) is 0 Å². The first-order chi connectivity index (χ1) is 11.0. The minimum Gasteiger partial charge on any atom is -0.455 e. The number of nitrogens with one attached hydrogen (secondary N) is 1. The van der Waals surface area contributed by atoms with Gasteiger partial charge >= 0.3 is 5.97 Å². The molecular weight excluding hydrogens is 296 g/mol. The van der Waals surface area contributed by atoms with Gasteiger partial charge in [0.1, 0.15) is 0 Å². The van der Waals surface area contributed by atoms with Crippen LogP contribution >= 0.6 is 0 Å². The Labute approximate surface area is 134 Å². The summed E-state index contributed by atoms with van der Waals surface area (Å²) >= 11 is 0. The van der Waals surface area contributed by atoms with Crippen molar-refractivity contribution >= 4 is 17.8 Å². The molecule has 0 aromatic carbocycles. The molecule has 4 fully saturated rings. The third-order valence-corrected chi connectivity index (χ3v) is 5.70. The summed E-state index contributed by atoms with van der Waals surface area (Å²) in [4.78, 5) is 24.5. The van der Waals surface area contributed by atoms with Crippen molar-refractivity contribution in [2.45, 2.75) is 45.4 Å². The number of amides is 1. The lowest BCUT2D eigenvalue weighted by molar-refractivity contribution is -0.172. The maximum atomic E-state index is 12.6. The fourth-order valence-electron chi connectivity index (χ4n) is 5.24. The van der Waals surface area contributed by atoms with E-state index < -0.39 is 0 Å². The summed E-state index contributed by atoms with van der Waals surface area (Å²) in [5.74, 6) is 1.75. The minimum absolute atomic E-state index is 0.180. The first-order valence-corrected chi connectivity index (χ1v) is 8.43. The van der Waals surface area contributed by atoms with Gasteiger partial charge < -0.3 is 9.26 Å². The van der Waals surface area contributed by atoms with Crippen LogP contribution in [0, 0.1) is 30.1 Å². The molecule has 4 aliphatic carbocycles. The van der Waals surface area contributed by atoms with Crippen molar-refractivity contribution in [1.29, 1.82) is 0 Å². The molecular formula is C17H22N2O4. The van der Waals surface area contributed by atoms with Gasteiger partial charge in [-0.05, 0) is 63.2 Å². The highest BCUT2D eigenvalue weighted by molar-refractivity contribution is 5.92. The zero-order valence-electron chi connectivity index (χ0n) is 13.3. The highest BCUT2D eigenvalue weighted by atomic mass is 16.5. The molecule has 0 radical (unpaired) electrons. The quantitative estimate of drug-likeness (QED) is 0.863. The number of carbonyl (C=O) groups is 2. The van der Waals surface area contributed by atoms with E-state index in [-0.39, 0.29) is 29.8 Å². The van der Waals surface area contributed by atoms with Crippen LogP contribution in [0.1, 0.15) is 44.2 Å². The van der Waals surface area contributed by atoms with Gasteiger partial charge in [-0.3, -0.25) is 14.9 Å². The van der Waals surface area contributed by atoms with E-state index in [1.807, 2.05) is 0 Å². The Balaban J connectivity index is 1.34. The lowest BCUT2D eigenvalue weighted by Crippen LogP contribution is -2.50. The zero-order valence-corrected chi connectivity index (χ0v) is 13.3. The van der Waals surface area contributed by atoms with E-state index >= 15 is 0 Å². The predicted octanol–water partition coefficient (Wildman–Crippen LogP) is 2.68. The lowest BCUT2D eigenvalue weighted by atomic mass is 9.49. The number of hydrogen-bond donors (Lipinski definition) is 1. The van der Waals surface area contributed by atoms with Gasteiger partial charge in [-0.1, -0.05) is 5.16 Å². The van der Waals surface area contributed by atoms with Crippen molar-refractivity contribution in [2.24, 2.45) is 23.2 Å². The molecule has 1 amide bonds. The number of hydrogen-bond acceptors (Lipinski definition) is 5. The molecule has 5 rings (SSSR count). The van der Waals surface area contributed by atoms with Gasteiger partial charge in [0.05, 0.1) is 11.1 Å². The van der Waals surface area contributed by atoms with Crippen LogP contribution in [0.4, 0.5) is 5.88 Å². The Bertz CT molecular complexity index is 601. The Morgan fingerprint density at radius 3 is 2.39 bits per heavy atom. The second-order valence-corrected chi connectivity index (χ2v) is 7.65. The highest BCUT2D eigenvalue weighted by Crippen LogP contribution is 2.60. The predicted molar refractivity (Wildman–Crippen MR) is 81.4 cm³/mol. The Hall–Kier alpha value is -1.85. The summed E-state index contributed by atoms with van der Waals surface area (Å²) in [7, 11) is 0. The monoisotopic (exact) mass is 318 g/mol. The summed E-state index contributed by atoms with van der Waals surface area (Å²) in [6.07, 6.45) is 6.66. The van der Waals surface area contributed by atoms with Crippen LogP contribution in [0.2, 0.25) is 0 Å². The van der Waals surface area contributed by atoms with E-state index in [2.05, 4.69) is 10.5 Å². The third kappa shape index (κ3) is 2.75. The molecule has 6 heteroatoms. The van der Waals surface area contributed by atoms with Gasteiger partial charge in [-0.15, -0.1) is 0 Å². The van der Waals surface area contributed by atoms with E-state index in [1.54, 1.807) is 13.0 Å². The number of anilines is 1. The molecule has 1 aromatic rings. The zero-order chi connectivity index (χ0) is 16.0. The molecule has 4 aliphatic rings. The van der Waals surface area contributed by atoms with Crippen molar-refractivity contribution in [3.63, 3.8) is 0 Å². The van der Waals surface area contributed by atoms with Crippen molar-refractivity contribution < 1.29 is 18.8 Å². The largest absolute Gasteiger partial charge is 0.455 e. The smallest absolute Gasteiger partial charge is 0.312 e.